The van der Waals surface area contributed by atoms with Crippen LogP contribution in [0.15, 0.2) is 65.3 Å². The van der Waals surface area contributed by atoms with Gasteiger partial charge in [-0.25, -0.2) is 0 Å². The zero-order chi connectivity index (χ0) is 21.1. The highest BCUT2D eigenvalue weighted by molar-refractivity contribution is 6.08. The van der Waals surface area contributed by atoms with Crippen LogP contribution in [0.3, 0.4) is 0 Å². The molecule has 0 N–H and O–H groups in total. The van der Waals surface area contributed by atoms with E-state index in [4.69, 9.17) is 13.9 Å². The Morgan fingerprint density at radius 2 is 1.80 bits per heavy atom. The maximum atomic E-state index is 12.9. The van der Waals surface area contributed by atoms with Crippen molar-refractivity contribution in [3.05, 3.63) is 72.0 Å². The lowest BCUT2D eigenvalue weighted by molar-refractivity contribution is -0.129. The maximum Gasteiger partial charge on any atom is 0.226 e. The van der Waals surface area contributed by atoms with Crippen molar-refractivity contribution in [1.82, 2.24) is 4.90 Å². The molecule has 30 heavy (non-hydrogen) atoms. The first-order valence-electron chi connectivity index (χ1n) is 9.93. The van der Waals surface area contributed by atoms with Crippen molar-refractivity contribution in [3.63, 3.8) is 0 Å². The molecule has 0 aliphatic heterocycles. The first-order chi connectivity index (χ1) is 14.6. The van der Waals surface area contributed by atoms with E-state index in [9.17, 15) is 4.79 Å². The highest BCUT2D eigenvalue weighted by Gasteiger charge is 2.16. The van der Waals surface area contributed by atoms with E-state index in [-0.39, 0.29) is 5.91 Å². The zero-order valence-corrected chi connectivity index (χ0v) is 17.5. The van der Waals surface area contributed by atoms with Gasteiger partial charge in [-0.15, -0.1) is 0 Å². The Morgan fingerprint density at radius 3 is 2.60 bits per heavy atom. The third-order valence-corrected chi connectivity index (χ3v) is 5.49. The minimum atomic E-state index is 0.0612. The second-order valence-corrected chi connectivity index (χ2v) is 7.35. The fourth-order valence-corrected chi connectivity index (χ4v) is 3.76. The van der Waals surface area contributed by atoms with Crippen molar-refractivity contribution in [2.75, 3.05) is 27.8 Å². The van der Waals surface area contributed by atoms with Crippen molar-refractivity contribution < 1.29 is 18.7 Å². The van der Waals surface area contributed by atoms with Crippen LogP contribution in [0, 0.1) is 0 Å². The molecule has 4 rings (SSSR count). The Bertz CT molecular complexity index is 1190. The summed E-state index contributed by atoms with van der Waals surface area (Å²) in [4.78, 5) is 14.6. The molecule has 0 aliphatic rings. The summed E-state index contributed by atoms with van der Waals surface area (Å²) < 4.78 is 16.4. The summed E-state index contributed by atoms with van der Waals surface area (Å²) in [5.41, 5.74) is 2.82. The fourth-order valence-electron chi connectivity index (χ4n) is 3.76. The smallest absolute Gasteiger partial charge is 0.226 e. The highest BCUT2D eigenvalue weighted by Crippen LogP contribution is 2.30. The number of fused-ring (bicyclic) bond motifs is 3. The molecule has 154 valence electrons. The molecule has 3 aromatic carbocycles. The van der Waals surface area contributed by atoms with Crippen molar-refractivity contribution in [1.29, 1.82) is 0 Å². The second kappa shape index (κ2) is 8.49. The lowest BCUT2D eigenvalue weighted by Gasteiger charge is -2.17. The number of likely N-dealkylation sites (N-methyl/N-ethyl adjacent to an activating group) is 1. The lowest BCUT2D eigenvalue weighted by Crippen LogP contribution is -2.30. The zero-order valence-electron chi connectivity index (χ0n) is 17.5. The number of rotatable bonds is 7. The van der Waals surface area contributed by atoms with Gasteiger partial charge < -0.3 is 18.8 Å². The number of hydrogen-bond acceptors (Lipinski definition) is 4. The molecule has 0 radical (unpaired) electrons. The van der Waals surface area contributed by atoms with Crippen molar-refractivity contribution in [3.8, 4) is 11.5 Å². The average molecular weight is 403 g/mol. The average Bonchev–Trinajstić information content (AvgIpc) is 3.20. The molecule has 5 nitrogen and oxygen atoms in total. The van der Waals surface area contributed by atoms with E-state index in [1.807, 2.05) is 49.5 Å². The summed E-state index contributed by atoms with van der Waals surface area (Å²) in [5, 5.41) is 3.27. The van der Waals surface area contributed by atoms with Crippen LogP contribution in [-0.4, -0.2) is 38.6 Å². The van der Waals surface area contributed by atoms with Gasteiger partial charge in [-0.3, -0.25) is 4.79 Å². The van der Waals surface area contributed by atoms with E-state index in [1.165, 1.54) is 0 Å². The fraction of sp³-hybridized carbons (Fsp3) is 0.240. The van der Waals surface area contributed by atoms with E-state index in [0.717, 1.165) is 39.3 Å². The Labute approximate surface area is 175 Å². The third kappa shape index (κ3) is 3.83. The molecule has 0 saturated heterocycles. The monoisotopic (exact) mass is 403 g/mol. The molecule has 0 saturated carbocycles. The normalized spacial score (nSPS) is 11.0. The Kier molecular flexibility index (Phi) is 5.61. The van der Waals surface area contributed by atoms with Crippen LogP contribution in [0.4, 0.5) is 0 Å². The van der Waals surface area contributed by atoms with Crippen molar-refractivity contribution >= 4 is 27.6 Å². The molecule has 1 heterocycles. The number of methoxy groups -OCH3 is 2. The summed E-state index contributed by atoms with van der Waals surface area (Å²) in [6, 6.07) is 18.0. The van der Waals surface area contributed by atoms with Crippen LogP contribution in [0.25, 0.3) is 21.7 Å². The minimum absolute atomic E-state index is 0.0612. The second-order valence-electron chi connectivity index (χ2n) is 7.35. The Morgan fingerprint density at radius 1 is 1.00 bits per heavy atom. The number of furan rings is 1. The number of ether oxygens (including phenoxy) is 2. The van der Waals surface area contributed by atoms with E-state index >= 15 is 0 Å². The minimum Gasteiger partial charge on any atom is -0.493 e. The SMILES string of the molecule is COc1ccc(CCN(C)C(=O)Cc2coc3ccc4ccccc4c23)cc1OC. The molecule has 0 spiro atoms. The van der Waals surface area contributed by atoms with E-state index < -0.39 is 0 Å². The van der Waals surface area contributed by atoms with Gasteiger partial charge >= 0.3 is 0 Å². The molecular formula is C25H25NO4. The summed E-state index contributed by atoms with van der Waals surface area (Å²) >= 11 is 0. The topological polar surface area (TPSA) is 51.9 Å². The van der Waals surface area contributed by atoms with Gasteiger partial charge in [-0.2, -0.15) is 0 Å². The van der Waals surface area contributed by atoms with Crippen molar-refractivity contribution in [2.45, 2.75) is 12.8 Å². The van der Waals surface area contributed by atoms with Crippen LogP contribution >= 0.6 is 0 Å². The van der Waals surface area contributed by atoms with Crippen LogP contribution in [0.2, 0.25) is 0 Å². The van der Waals surface area contributed by atoms with Gasteiger partial charge in [0.2, 0.25) is 5.91 Å². The molecule has 0 fully saturated rings. The third-order valence-electron chi connectivity index (χ3n) is 5.49. The molecule has 5 heteroatoms. The van der Waals surface area contributed by atoms with Crippen LogP contribution in [0.1, 0.15) is 11.1 Å². The number of hydrogen-bond donors (Lipinski definition) is 0. The van der Waals surface area contributed by atoms with Gasteiger partial charge in [0.05, 0.1) is 26.9 Å². The summed E-state index contributed by atoms with van der Waals surface area (Å²) in [6.45, 7) is 0.616. The molecule has 0 atom stereocenters. The molecular weight excluding hydrogens is 378 g/mol. The lowest BCUT2D eigenvalue weighted by atomic mass is 10.0. The molecule has 0 aliphatic carbocycles. The van der Waals surface area contributed by atoms with Gasteiger partial charge in [0.15, 0.2) is 11.5 Å². The standard InChI is InChI=1S/C25H25NO4/c1-26(13-12-17-8-10-21(28-2)23(14-17)29-3)24(27)15-19-16-30-22-11-9-18-6-4-5-7-20(18)25(19)22/h4-11,14,16H,12-13,15H2,1-3H3. The molecule has 1 aromatic heterocycles. The van der Waals surface area contributed by atoms with Crippen LogP contribution < -0.4 is 9.47 Å². The number of amides is 1. The summed E-state index contributed by atoms with van der Waals surface area (Å²) in [5.74, 6) is 1.46. The first-order valence-corrected chi connectivity index (χ1v) is 9.93. The van der Waals surface area contributed by atoms with Gasteiger partial charge in [0.25, 0.3) is 0 Å². The molecule has 4 aromatic rings. The quantitative estimate of drug-likeness (QED) is 0.443. The molecule has 0 bridgehead atoms. The van der Waals surface area contributed by atoms with Gasteiger partial charge in [-0.05, 0) is 41.0 Å². The van der Waals surface area contributed by atoms with E-state index in [2.05, 4.69) is 12.1 Å². The van der Waals surface area contributed by atoms with E-state index in [1.54, 1.807) is 25.4 Å². The number of carbonyl (C=O) groups is 1. The highest BCUT2D eigenvalue weighted by atomic mass is 16.5. The van der Waals surface area contributed by atoms with Gasteiger partial charge in [0, 0.05) is 24.5 Å². The summed E-state index contributed by atoms with van der Waals surface area (Å²) in [7, 11) is 5.08. The first kappa shape index (κ1) is 19.8. The number of benzene rings is 3. The predicted molar refractivity (Wildman–Crippen MR) is 118 cm³/mol. The Hall–Kier alpha value is -3.47. The van der Waals surface area contributed by atoms with Gasteiger partial charge in [-0.1, -0.05) is 36.4 Å². The van der Waals surface area contributed by atoms with E-state index in [0.29, 0.717) is 24.5 Å². The van der Waals surface area contributed by atoms with Gasteiger partial charge in [0.1, 0.15) is 5.58 Å². The predicted octanol–water partition coefficient (Wildman–Crippen LogP) is 4.85. The molecule has 0 unspecified atom stereocenters. The van der Waals surface area contributed by atoms with Crippen LogP contribution in [0.5, 0.6) is 11.5 Å². The Balaban J connectivity index is 1.47. The van der Waals surface area contributed by atoms with Crippen LogP contribution in [-0.2, 0) is 17.6 Å². The number of carbonyl (C=O) groups excluding carboxylic acids is 1. The number of nitrogens with zero attached hydrogens (tertiary/aromatic N) is 1. The summed E-state index contributed by atoms with van der Waals surface area (Å²) in [6.07, 6.45) is 2.75. The molecule has 1 amide bonds. The van der Waals surface area contributed by atoms with Crippen molar-refractivity contribution in [2.24, 2.45) is 0 Å². The largest absolute Gasteiger partial charge is 0.493 e. The maximum absolute atomic E-state index is 12.9.